The molecule has 114 valence electrons. The number of likely N-dealkylation sites (N-methyl/N-ethyl adjacent to an activating group) is 1. The van der Waals surface area contributed by atoms with Crippen molar-refractivity contribution in [2.75, 3.05) is 33.2 Å². The molecule has 2 fully saturated rings. The van der Waals surface area contributed by atoms with E-state index in [0.717, 1.165) is 51.9 Å². The van der Waals surface area contributed by atoms with E-state index in [-0.39, 0.29) is 11.7 Å². The second-order valence-corrected chi connectivity index (χ2v) is 6.25. The van der Waals surface area contributed by atoms with Gasteiger partial charge in [0.1, 0.15) is 5.60 Å². The fraction of sp³-hybridized carbons (Fsp3) is 0.625. The number of amides is 1. The zero-order valence-electron chi connectivity index (χ0n) is 12.6. The summed E-state index contributed by atoms with van der Waals surface area (Å²) in [5.41, 5.74) is 1.02. The van der Waals surface area contributed by atoms with Crippen LogP contribution in [0.2, 0.25) is 0 Å². The highest BCUT2D eigenvalue weighted by Gasteiger charge is 2.46. The topological polar surface area (TPSA) is 45.7 Å². The van der Waals surface area contributed by atoms with E-state index in [9.17, 15) is 4.79 Å². The number of likely N-dealkylation sites (tertiary alicyclic amines) is 1. The molecule has 3 heterocycles. The van der Waals surface area contributed by atoms with Gasteiger partial charge in [0.25, 0.3) is 0 Å². The van der Waals surface area contributed by atoms with Crippen molar-refractivity contribution in [3.8, 4) is 0 Å². The number of carbonyl (C=O) groups is 1. The van der Waals surface area contributed by atoms with E-state index < -0.39 is 0 Å². The zero-order valence-corrected chi connectivity index (χ0v) is 12.6. The van der Waals surface area contributed by atoms with E-state index in [1.807, 2.05) is 25.5 Å². The van der Waals surface area contributed by atoms with Crippen LogP contribution in [-0.4, -0.2) is 59.7 Å². The molecule has 0 aliphatic carbocycles. The Morgan fingerprint density at radius 2 is 2.33 bits per heavy atom. The molecule has 5 nitrogen and oxygen atoms in total. The number of aryl methyl sites for hydroxylation is 1. The van der Waals surface area contributed by atoms with Gasteiger partial charge in [-0.15, -0.1) is 0 Å². The van der Waals surface area contributed by atoms with Gasteiger partial charge < -0.3 is 9.64 Å². The maximum absolute atomic E-state index is 11.6. The van der Waals surface area contributed by atoms with Crippen molar-refractivity contribution in [3.63, 3.8) is 0 Å². The zero-order chi connectivity index (χ0) is 14.7. The van der Waals surface area contributed by atoms with E-state index in [4.69, 9.17) is 4.74 Å². The highest BCUT2D eigenvalue weighted by molar-refractivity contribution is 5.70. The Balaban J connectivity index is 1.49. The molecule has 1 atom stereocenters. The summed E-state index contributed by atoms with van der Waals surface area (Å²) in [6.45, 7) is 3.76. The number of rotatable bonds is 4. The molecule has 0 unspecified atom stereocenters. The summed E-state index contributed by atoms with van der Waals surface area (Å²) >= 11 is 0. The number of hydrogen-bond donors (Lipinski definition) is 0. The molecule has 21 heavy (non-hydrogen) atoms. The number of ether oxygens (including phenoxy) is 1. The molecule has 1 aromatic heterocycles. The van der Waals surface area contributed by atoms with Crippen LogP contribution in [0.25, 0.3) is 0 Å². The summed E-state index contributed by atoms with van der Waals surface area (Å²) < 4.78 is 5.63. The quantitative estimate of drug-likeness (QED) is 0.849. The Kier molecular flexibility index (Phi) is 4.10. The van der Waals surface area contributed by atoms with Crippen molar-refractivity contribution in [1.82, 2.24) is 14.8 Å². The maximum Gasteiger partial charge on any atom is 0.410 e. The fourth-order valence-electron chi connectivity index (χ4n) is 3.44. The van der Waals surface area contributed by atoms with Crippen molar-refractivity contribution in [2.24, 2.45) is 0 Å². The number of pyridine rings is 1. The summed E-state index contributed by atoms with van der Waals surface area (Å²) in [5.74, 6) is 0. The molecular formula is C16H23N3O2. The highest BCUT2D eigenvalue weighted by atomic mass is 16.6. The molecule has 2 aliphatic rings. The standard InChI is InChI=1S/C16H23N3O2/c1-18-12-16(21-15(18)20)7-4-10-19(13-16)9-3-6-14-5-2-8-17-11-14/h2,5,8,11H,3-4,6-7,9-10,12-13H2,1H3/t16-/m1/s1. The van der Waals surface area contributed by atoms with Crippen molar-refractivity contribution >= 4 is 6.09 Å². The molecule has 0 aromatic carbocycles. The molecule has 2 saturated heterocycles. The summed E-state index contributed by atoms with van der Waals surface area (Å²) in [4.78, 5) is 19.9. The van der Waals surface area contributed by atoms with Gasteiger partial charge in [0, 0.05) is 26.0 Å². The molecule has 1 aromatic rings. The van der Waals surface area contributed by atoms with Crippen LogP contribution >= 0.6 is 0 Å². The first kappa shape index (κ1) is 14.3. The van der Waals surface area contributed by atoms with Gasteiger partial charge in [-0.3, -0.25) is 9.88 Å². The Hall–Kier alpha value is -1.62. The second kappa shape index (κ2) is 6.02. The molecule has 5 heteroatoms. The van der Waals surface area contributed by atoms with Gasteiger partial charge in [0.05, 0.1) is 6.54 Å². The normalized spacial score (nSPS) is 26.3. The monoisotopic (exact) mass is 289 g/mol. The number of hydrogen-bond acceptors (Lipinski definition) is 4. The SMILES string of the molecule is CN1C[C@@]2(CCCN(CCCc3cccnc3)C2)OC1=O. The first-order valence-electron chi connectivity index (χ1n) is 7.72. The van der Waals surface area contributed by atoms with E-state index in [1.165, 1.54) is 5.56 Å². The van der Waals surface area contributed by atoms with Crippen molar-refractivity contribution in [3.05, 3.63) is 30.1 Å². The van der Waals surface area contributed by atoms with Crippen molar-refractivity contribution in [2.45, 2.75) is 31.3 Å². The number of piperidine rings is 1. The minimum atomic E-state index is -0.265. The van der Waals surface area contributed by atoms with E-state index in [2.05, 4.69) is 16.0 Å². The average Bonchev–Trinajstić information content (AvgIpc) is 2.74. The van der Waals surface area contributed by atoms with E-state index in [1.54, 1.807) is 4.90 Å². The third-order valence-corrected chi connectivity index (χ3v) is 4.42. The molecule has 0 N–H and O–H groups in total. The fourth-order valence-corrected chi connectivity index (χ4v) is 3.44. The molecule has 1 spiro atoms. The lowest BCUT2D eigenvalue weighted by atomic mass is 9.92. The van der Waals surface area contributed by atoms with Crippen LogP contribution in [0.15, 0.2) is 24.5 Å². The number of nitrogens with zero attached hydrogens (tertiary/aromatic N) is 3. The van der Waals surface area contributed by atoms with Crippen LogP contribution in [0, 0.1) is 0 Å². The van der Waals surface area contributed by atoms with E-state index >= 15 is 0 Å². The second-order valence-electron chi connectivity index (χ2n) is 6.25. The Morgan fingerprint density at radius 3 is 3.05 bits per heavy atom. The molecule has 0 bridgehead atoms. The number of carbonyl (C=O) groups excluding carboxylic acids is 1. The minimum absolute atomic E-state index is 0.174. The van der Waals surface area contributed by atoms with Crippen LogP contribution in [0.1, 0.15) is 24.8 Å². The lowest BCUT2D eigenvalue weighted by molar-refractivity contribution is -0.00892. The molecule has 2 aliphatic heterocycles. The minimum Gasteiger partial charge on any atom is -0.440 e. The third-order valence-electron chi connectivity index (χ3n) is 4.42. The van der Waals surface area contributed by atoms with Crippen molar-refractivity contribution < 1.29 is 9.53 Å². The van der Waals surface area contributed by atoms with Crippen molar-refractivity contribution in [1.29, 1.82) is 0 Å². The third kappa shape index (κ3) is 3.35. The van der Waals surface area contributed by atoms with Gasteiger partial charge in [-0.05, 0) is 50.4 Å². The Bertz CT molecular complexity index is 494. The van der Waals surface area contributed by atoms with Crippen LogP contribution in [0.3, 0.4) is 0 Å². The van der Waals surface area contributed by atoms with Crippen LogP contribution in [0.5, 0.6) is 0 Å². The lowest BCUT2D eigenvalue weighted by Gasteiger charge is -2.38. The van der Waals surface area contributed by atoms with Crippen LogP contribution in [0.4, 0.5) is 4.79 Å². The lowest BCUT2D eigenvalue weighted by Crippen LogP contribution is -2.50. The van der Waals surface area contributed by atoms with Crippen LogP contribution in [-0.2, 0) is 11.2 Å². The molecule has 0 radical (unpaired) electrons. The smallest absolute Gasteiger partial charge is 0.410 e. The predicted octanol–water partition coefficient (Wildman–Crippen LogP) is 1.93. The predicted molar refractivity (Wildman–Crippen MR) is 80.1 cm³/mol. The highest BCUT2D eigenvalue weighted by Crippen LogP contribution is 2.31. The summed E-state index contributed by atoms with van der Waals surface area (Å²) in [6.07, 6.45) is 7.83. The summed E-state index contributed by atoms with van der Waals surface area (Å²) in [5, 5.41) is 0. The molecular weight excluding hydrogens is 266 g/mol. The average molecular weight is 289 g/mol. The first-order chi connectivity index (χ1) is 10.2. The molecule has 1 amide bonds. The van der Waals surface area contributed by atoms with Gasteiger partial charge in [0.2, 0.25) is 0 Å². The maximum atomic E-state index is 11.6. The van der Waals surface area contributed by atoms with Gasteiger partial charge in [0.15, 0.2) is 0 Å². The van der Waals surface area contributed by atoms with Gasteiger partial charge in [-0.2, -0.15) is 0 Å². The number of aromatic nitrogens is 1. The summed E-state index contributed by atoms with van der Waals surface area (Å²) in [6, 6.07) is 4.11. The Labute approximate surface area is 125 Å². The molecule has 0 saturated carbocycles. The molecule has 3 rings (SSSR count). The van der Waals surface area contributed by atoms with Crippen LogP contribution < -0.4 is 0 Å². The first-order valence-corrected chi connectivity index (χ1v) is 7.72. The van der Waals surface area contributed by atoms with E-state index in [0.29, 0.717) is 0 Å². The van der Waals surface area contributed by atoms with Gasteiger partial charge in [-0.25, -0.2) is 4.79 Å². The van der Waals surface area contributed by atoms with Gasteiger partial charge in [-0.1, -0.05) is 6.07 Å². The van der Waals surface area contributed by atoms with Gasteiger partial charge >= 0.3 is 6.09 Å². The summed E-state index contributed by atoms with van der Waals surface area (Å²) in [7, 11) is 1.82. The largest absolute Gasteiger partial charge is 0.440 e. The Morgan fingerprint density at radius 1 is 1.43 bits per heavy atom.